The van der Waals surface area contributed by atoms with Crippen molar-refractivity contribution in [2.45, 2.75) is 44.4 Å². The van der Waals surface area contributed by atoms with Gasteiger partial charge in [0.1, 0.15) is 0 Å². The number of nitrogens with zero attached hydrogens (tertiary/aromatic N) is 2. The van der Waals surface area contributed by atoms with E-state index in [1.807, 2.05) is 6.92 Å². The first-order chi connectivity index (χ1) is 10.3. The number of nitrogens with one attached hydrogen (secondary N) is 1. The van der Waals surface area contributed by atoms with Gasteiger partial charge in [-0.25, -0.2) is 4.83 Å². The van der Waals surface area contributed by atoms with Gasteiger partial charge in [0.25, 0.3) is 15.7 Å². The summed E-state index contributed by atoms with van der Waals surface area (Å²) in [6.45, 7) is 3.58. The Morgan fingerprint density at radius 1 is 1.36 bits per heavy atom. The van der Waals surface area contributed by atoms with E-state index in [9.17, 15) is 18.5 Å². The fourth-order valence-corrected chi connectivity index (χ4v) is 3.32. The van der Waals surface area contributed by atoms with Crippen LogP contribution in [0.5, 0.6) is 0 Å². The van der Waals surface area contributed by atoms with Gasteiger partial charge in [-0.3, -0.25) is 10.1 Å². The van der Waals surface area contributed by atoms with Crippen LogP contribution in [0.4, 0.5) is 5.69 Å². The highest BCUT2D eigenvalue weighted by Crippen LogP contribution is 2.23. The maximum atomic E-state index is 12.2. The van der Waals surface area contributed by atoms with E-state index >= 15 is 0 Å². The van der Waals surface area contributed by atoms with E-state index in [1.165, 1.54) is 12.1 Å². The van der Waals surface area contributed by atoms with Gasteiger partial charge in [-0.1, -0.05) is 19.4 Å². The van der Waals surface area contributed by atoms with Gasteiger partial charge in [0, 0.05) is 17.3 Å². The van der Waals surface area contributed by atoms with Gasteiger partial charge < -0.3 is 0 Å². The van der Waals surface area contributed by atoms with Crippen molar-refractivity contribution < 1.29 is 13.3 Å². The first-order valence-corrected chi connectivity index (χ1v) is 8.63. The largest absolute Gasteiger partial charge is 0.276 e. The Balaban J connectivity index is 2.25. The standard InChI is InChI=1S/C14H19N3O4S/c1-10-5-3-4-6-13(10)15-16-22(20,21)12-8-7-11(2)14(9-12)17(18)19/h7-10,16H,3-6H2,1-2H3/b15-13-. The minimum absolute atomic E-state index is 0.155. The average molecular weight is 325 g/mol. The van der Waals surface area contributed by atoms with Gasteiger partial charge in [0.15, 0.2) is 0 Å². The molecule has 1 N–H and O–H groups in total. The molecule has 1 aromatic carbocycles. The molecule has 22 heavy (non-hydrogen) atoms. The lowest BCUT2D eigenvalue weighted by Gasteiger charge is -2.19. The summed E-state index contributed by atoms with van der Waals surface area (Å²) in [5.74, 6) is 0.254. The molecule has 1 aromatic rings. The summed E-state index contributed by atoms with van der Waals surface area (Å²) in [6.07, 6.45) is 3.90. The number of aryl methyl sites for hydroxylation is 1. The quantitative estimate of drug-likeness (QED) is 0.679. The molecule has 7 nitrogen and oxygen atoms in total. The van der Waals surface area contributed by atoms with Gasteiger partial charge in [0.05, 0.1) is 9.82 Å². The molecule has 120 valence electrons. The molecular weight excluding hydrogens is 306 g/mol. The minimum Gasteiger partial charge on any atom is -0.258 e. The number of hydrazone groups is 1. The Hall–Kier alpha value is -1.96. The summed E-state index contributed by atoms with van der Waals surface area (Å²) in [5.41, 5.74) is 1.02. The van der Waals surface area contributed by atoms with Gasteiger partial charge in [-0.2, -0.15) is 13.5 Å². The molecule has 1 atom stereocenters. The first-order valence-electron chi connectivity index (χ1n) is 7.14. The van der Waals surface area contributed by atoms with Crippen molar-refractivity contribution in [1.29, 1.82) is 0 Å². The van der Waals surface area contributed by atoms with Crippen molar-refractivity contribution in [1.82, 2.24) is 4.83 Å². The highest BCUT2D eigenvalue weighted by atomic mass is 32.2. The second-order valence-electron chi connectivity index (χ2n) is 5.55. The van der Waals surface area contributed by atoms with Crippen LogP contribution in [0.15, 0.2) is 28.2 Å². The van der Waals surface area contributed by atoms with Crippen LogP contribution in [0.2, 0.25) is 0 Å². The lowest BCUT2D eigenvalue weighted by Crippen LogP contribution is -2.24. The van der Waals surface area contributed by atoms with Gasteiger partial charge in [-0.15, -0.1) is 0 Å². The first kappa shape index (κ1) is 16.4. The van der Waals surface area contributed by atoms with E-state index in [0.29, 0.717) is 5.56 Å². The summed E-state index contributed by atoms with van der Waals surface area (Å²) < 4.78 is 24.5. The topological polar surface area (TPSA) is 102 Å². The number of hydrogen-bond donors (Lipinski definition) is 1. The maximum Gasteiger partial charge on any atom is 0.276 e. The molecule has 1 unspecified atom stereocenters. The molecule has 2 rings (SSSR count). The fourth-order valence-electron chi connectivity index (χ4n) is 2.46. The van der Waals surface area contributed by atoms with Crippen LogP contribution in [0.1, 0.15) is 38.2 Å². The third kappa shape index (κ3) is 3.62. The lowest BCUT2D eigenvalue weighted by molar-refractivity contribution is -0.385. The van der Waals surface area contributed by atoms with Crippen LogP contribution in [0, 0.1) is 23.0 Å². The molecule has 0 aliphatic heterocycles. The Labute approximate surface area is 129 Å². The monoisotopic (exact) mass is 325 g/mol. The van der Waals surface area contributed by atoms with E-state index in [0.717, 1.165) is 37.5 Å². The SMILES string of the molecule is Cc1ccc(S(=O)(=O)N/N=C2/CCCCC2C)cc1[N+](=O)[O-]. The molecule has 1 fully saturated rings. The molecule has 0 bridgehead atoms. The Bertz CT molecular complexity index is 713. The second-order valence-corrected chi connectivity index (χ2v) is 7.21. The molecule has 1 saturated carbocycles. The van der Waals surface area contributed by atoms with E-state index in [-0.39, 0.29) is 16.5 Å². The number of benzene rings is 1. The van der Waals surface area contributed by atoms with Crippen molar-refractivity contribution in [2.24, 2.45) is 11.0 Å². The van der Waals surface area contributed by atoms with Crippen LogP contribution in [-0.2, 0) is 10.0 Å². The molecular formula is C14H19N3O4S. The normalized spacial score (nSPS) is 20.8. The highest BCUT2D eigenvalue weighted by Gasteiger charge is 2.21. The molecule has 0 radical (unpaired) electrons. The number of sulfonamides is 1. The van der Waals surface area contributed by atoms with Crippen molar-refractivity contribution in [3.63, 3.8) is 0 Å². The van der Waals surface area contributed by atoms with Crippen molar-refractivity contribution in [2.75, 3.05) is 0 Å². The summed E-state index contributed by atoms with van der Waals surface area (Å²) in [4.78, 5) is 12.4. The third-order valence-corrected chi connectivity index (χ3v) is 5.09. The number of nitro groups is 1. The van der Waals surface area contributed by atoms with Gasteiger partial charge in [0.2, 0.25) is 0 Å². The number of nitro benzene ring substituents is 1. The lowest BCUT2D eigenvalue weighted by atomic mass is 9.89. The molecule has 1 aliphatic rings. The predicted octanol–water partition coefficient (Wildman–Crippen LogP) is 2.75. The van der Waals surface area contributed by atoms with Crippen molar-refractivity contribution >= 4 is 21.4 Å². The van der Waals surface area contributed by atoms with Gasteiger partial charge >= 0.3 is 0 Å². The summed E-state index contributed by atoms with van der Waals surface area (Å²) in [5, 5.41) is 14.9. The smallest absolute Gasteiger partial charge is 0.258 e. The predicted molar refractivity (Wildman–Crippen MR) is 83.2 cm³/mol. The minimum atomic E-state index is -3.90. The van der Waals surface area contributed by atoms with Crippen molar-refractivity contribution in [3.05, 3.63) is 33.9 Å². The second kappa shape index (κ2) is 6.43. The molecule has 0 amide bonds. The van der Waals surface area contributed by atoms with E-state index in [1.54, 1.807) is 6.92 Å². The molecule has 0 saturated heterocycles. The van der Waals surface area contributed by atoms with E-state index in [4.69, 9.17) is 0 Å². The van der Waals surface area contributed by atoms with E-state index < -0.39 is 14.9 Å². The average Bonchev–Trinajstić information content (AvgIpc) is 2.46. The van der Waals surface area contributed by atoms with Gasteiger partial charge in [-0.05, 0) is 38.2 Å². The Morgan fingerprint density at radius 2 is 2.09 bits per heavy atom. The molecule has 0 spiro atoms. The molecule has 1 aliphatic carbocycles. The molecule has 0 aromatic heterocycles. The molecule has 8 heteroatoms. The summed E-state index contributed by atoms with van der Waals surface area (Å²) in [6, 6.07) is 3.82. The van der Waals surface area contributed by atoms with E-state index in [2.05, 4.69) is 9.93 Å². The summed E-state index contributed by atoms with van der Waals surface area (Å²) >= 11 is 0. The molecule has 0 heterocycles. The Morgan fingerprint density at radius 3 is 2.73 bits per heavy atom. The zero-order valence-corrected chi connectivity index (χ0v) is 13.4. The zero-order chi connectivity index (χ0) is 16.3. The number of hydrogen-bond acceptors (Lipinski definition) is 5. The summed E-state index contributed by atoms with van der Waals surface area (Å²) in [7, 11) is -3.90. The maximum absolute atomic E-state index is 12.2. The van der Waals surface area contributed by atoms with Crippen LogP contribution >= 0.6 is 0 Å². The highest BCUT2D eigenvalue weighted by molar-refractivity contribution is 7.89. The number of rotatable bonds is 4. The van der Waals surface area contributed by atoms with Crippen molar-refractivity contribution in [3.8, 4) is 0 Å². The van der Waals surface area contributed by atoms with Crippen LogP contribution in [-0.4, -0.2) is 19.1 Å². The van der Waals surface area contributed by atoms with Crippen LogP contribution < -0.4 is 4.83 Å². The van der Waals surface area contributed by atoms with Crippen LogP contribution in [0.3, 0.4) is 0 Å². The van der Waals surface area contributed by atoms with Crippen LogP contribution in [0.25, 0.3) is 0 Å². The third-order valence-electron chi connectivity index (χ3n) is 3.89. The fraction of sp³-hybridized carbons (Fsp3) is 0.500. The Kier molecular flexibility index (Phi) is 4.80. The zero-order valence-electron chi connectivity index (χ0n) is 12.6.